The third-order valence-electron chi connectivity index (χ3n) is 3.44. The van der Waals surface area contributed by atoms with Crippen LogP contribution in [0.15, 0.2) is 34.9 Å². The molecule has 2 N–H and O–H groups in total. The molecule has 1 atom stereocenters. The normalized spacial score (nSPS) is 16.5. The van der Waals surface area contributed by atoms with E-state index in [0.717, 1.165) is 11.3 Å². The molecule has 1 aliphatic rings. The first kappa shape index (κ1) is 13.5. The molecule has 0 amide bonds. The van der Waals surface area contributed by atoms with E-state index in [1.165, 1.54) is 14.2 Å². The molecule has 6 nitrogen and oxygen atoms in total. The van der Waals surface area contributed by atoms with Crippen LogP contribution in [-0.2, 0) is 11.3 Å². The molecular formula is C15H16NO5+. The molecule has 2 aromatic rings. The Morgan fingerprint density at radius 2 is 2.10 bits per heavy atom. The van der Waals surface area contributed by atoms with Gasteiger partial charge in [-0.2, -0.15) is 0 Å². The van der Waals surface area contributed by atoms with Crippen molar-refractivity contribution in [3.63, 3.8) is 0 Å². The third-order valence-corrected chi connectivity index (χ3v) is 3.44. The van der Waals surface area contributed by atoms with Crippen molar-refractivity contribution >= 4 is 5.97 Å². The standard InChI is InChI=1S/C15H15NO5/c1-18-11-6-5-10-12(13(11)19-2)15(17)21-14(10)16-8-9-4-3-7-20-9/h3-7,14,16H,8H2,1-2H3/p+1/t14-/m1/s1. The van der Waals surface area contributed by atoms with Crippen LogP contribution in [-0.4, -0.2) is 20.2 Å². The lowest BCUT2D eigenvalue weighted by Crippen LogP contribution is -2.83. The lowest BCUT2D eigenvalue weighted by molar-refractivity contribution is -0.742. The van der Waals surface area contributed by atoms with Crippen LogP contribution in [0.4, 0.5) is 0 Å². The molecule has 2 heterocycles. The number of esters is 1. The average Bonchev–Trinajstić information content (AvgIpc) is 3.12. The molecule has 21 heavy (non-hydrogen) atoms. The van der Waals surface area contributed by atoms with E-state index in [9.17, 15) is 4.79 Å². The predicted octanol–water partition coefficient (Wildman–Crippen LogP) is 1.23. The number of quaternary nitrogens is 1. The number of hydrogen-bond acceptors (Lipinski definition) is 5. The molecule has 0 aliphatic carbocycles. The van der Waals surface area contributed by atoms with Crippen molar-refractivity contribution in [1.82, 2.24) is 0 Å². The first-order valence-corrected chi connectivity index (χ1v) is 6.56. The minimum atomic E-state index is -0.405. The Bertz CT molecular complexity index is 650. The Balaban J connectivity index is 1.87. The van der Waals surface area contributed by atoms with E-state index < -0.39 is 12.2 Å². The number of fused-ring (bicyclic) bond motifs is 1. The summed E-state index contributed by atoms with van der Waals surface area (Å²) in [6.45, 7) is 0.582. The largest absolute Gasteiger partial charge is 0.493 e. The van der Waals surface area contributed by atoms with Crippen LogP contribution in [0.2, 0.25) is 0 Å². The van der Waals surface area contributed by atoms with Gasteiger partial charge in [0.2, 0.25) is 0 Å². The lowest BCUT2D eigenvalue weighted by atomic mass is 10.1. The maximum atomic E-state index is 12.1. The molecule has 0 saturated carbocycles. The summed E-state index contributed by atoms with van der Waals surface area (Å²) in [6, 6.07) is 7.30. The number of nitrogens with two attached hydrogens (primary N) is 1. The third kappa shape index (κ3) is 2.34. The van der Waals surface area contributed by atoms with Crippen LogP contribution in [0.5, 0.6) is 11.5 Å². The fourth-order valence-electron chi connectivity index (χ4n) is 2.45. The summed E-state index contributed by atoms with van der Waals surface area (Å²) in [5, 5.41) is 1.90. The number of carbonyl (C=O) groups is 1. The second-order valence-corrected chi connectivity index (χ2v) is 4.61. The predicted molar refractivity (Wildman–Crippen MR) is 72.0 cm³/mol. The van der Waals surface area contributed by atoms with Gasteiger partial charge < -0.3 is 23.9 Å². The molecule has 6 heteroatoms. The van der Waals surface area contributed by atoms with E-state index in [-0.39, 0.29) is 0 Å². The van der Waals surface area contributed by atoms with Crippen molar-refractivity contribution in [1.29, 1.82) is 0 Å². The van der Waals surface area contributed by atoms with Crippen molar-refractivity contribution in [3.8, 4) is 11.5 Å². The molecule has 1 aromatic carbocycles. The van der Waals surface area contributed by atoms with Gasteiger partial charge in [0.05, 0.1) is 26.0 Å². The second kappa shape index (κ2) is 5.49. The van der Waals surface area contributed by atoms with Gasteiger partial charge in [-0.05, 0) is 24.3 Å². The van der Waals surface area contributed by atoms with E-state index in [4.69, 9.17) is 18.6 Å². The number of furan rings is 1. The zero-order valence-electron chi connectivity index (χ0n) is 11.8. The molecule has 0 unspecified atom stereocenters. The number of rotatable bonds is 5. The summed E-state index contributed by atoms with van der Waals surface area (Å²) in [5.74, 6) is 1.34. The molecule has 0 fully saturated rings. The molecule has 0 radical (unpaired) electrons. The Labute approximate surface area is 121 Å². The van der Waals surface area contributed by atoms with Gasteiger partial charge in [0.1, 0.15) is 12.1 Å². The van der Waals surface area contributed by atoms with Crippen LogP contribution in [0.1, 0.15) is 27.9 Å². The smallest absolute Gasteiger partial charge is 0.347 e. The van der Waals surface area contributed by atoms with Crippen molar-refractivity contribution in [2.45, 2.75) is 12.8 Å². The first-order chi connectivity index (χ1) is 10.2. The van der Waals surface area contributed by atoms with Gasteiger partial charge in [0, 0.05) is 0 Å². The summed E-state index contributed by atoms with van der Waals surface area (Å²) in [5.41, 5.74) is 1.21. The van der Waals surface area contributed by atoms with Crippen LogP contribution >= 0.6 is 0 Å². The lowest BCUT2D eigenvalue weighted by Gasteiger charge is -2.10. The molecule has 0 saturated heterocycles. The summed E-state index contributed by atoms with van der Waals surface area (Å²) in [7, 11) is 3.04. The molecular weight excluding hydrogens is 274 g/mol. The van der Waals surface area contributed by atoms with E-state index in [1.807, 2.05) is 23.5 Å². The fraction of sp³-hybridized carbons (Fsp3) is 0.267. The summed E-state index contributed by atoms with van der Waals surface area (Å²) >= 11 is 0. The topological polar surface area (TPSA) is 74.5 Å². The second-order valence-electron chi connectivity index (χ2n) is 4.61. The maximum absolute atomic E-state index is 12.1. The Hall–Kier alpha value is -2.47. The summed E-state index contributed by atoms with van der Waals surface area (Å²) in [4.78, 5) is 12.1. The zero-order chi connectivity index (χ0) is 14.8. The Morgan fingerprint density at radius 3 is 2.76 bits per heavy atom. The van der Waals surface area contributed by atoms with Gasteiger partial charge in [-0.25, -0.2) is 4.79 Å². The van der Waals surface area contributed by atoms with E-state index in [2.05, 4.69) is 0 Å². The maximum Gasteiger partial charge on any atom is 0.347 e. The minimum absolute atomic E-state index is 0.401. The van der Waals surface area contributed by atoms with Gasteiger partial charge in [0.25, 0.3) is 6.23 Å². The number of methoxy groups -OCH3 is 2. The fourth-order valence-corrected chi connectivity index (χ4v) is 2.45. The van der Waals surface area contributed by atoms with Crippen molar-refractivity contribution in [2.75, 3.05) is 14.2 Å². The SMILES string of the molecule is COc1ccc2c(c1OC)C(=O)O[C@H]2[NH2+]Cc1ccco1. The van der Waals surface area contributed by atoms with Crippen molar-refractivity contribution < 1.29 is 28.7 Å². The average molecular weight is 290 g/mol. The number of benzene rings is 1. The van der Waals surface area contributed by atoms with Crippen LogP contribution < -0.4 is 14.8 Å². The first-order valence-electron chi connectivity index (χ1n) is 6.56. The Kier molecular flexibility index (Phi) is 3.53. The van der Waals surface area contributed by atoms with E-state index in [0.29, 0.717) is 23.6 Å². The highest BCUT2D eigenvalue weighted by Gasteiger charge is 2.38. The van der Waals surface area contributed by atoms with Gasteiger partial charge in [-0.3, -0.25) is 0 Å². The van der Waals surface area contributed by atoms with Gasteiger partial charge in [-0.15, -0.1) is 0 Å². The number of ether oxygens (including phenoxy) is 3. The molecule has 1 aromatic heterocycles. The van der Waals surface area contributed by atoms with E-state index in [1.54, 1.807) is 12.3 Å². The van der Waals surface area contributed by atoms with Crippen LogP contribution in [0.25, 0.3) is 0 Å². The highest BCUT2D eigenvalue weighted by atomic mass is 16.6. The van der Waals surface area contributed by atoms with Crippen molar-refractivity contribution in [2.24, 2.45) is 0 Å². The number of carbonyl (C=O) groups excluding carboxylic acids is 1. The van der Waals surface area contributed by atoms with Crippen LogP contribution in [0, 0.1) is 0 Å². The van der Waals surface area contributed by atoms with Gasteiger partial charge >= 0.3 is 5.97 Å². The highest BCUT2D eigenvalue weighted by Crippen LogP contribution is 2.39. The molecule has 110 valence electrons. The monoisotopic (exact) mass is 290 g/mol. The minimum Gasteiger partial charge on any atom is -0.493 e. The quantitative estimate of drug-likeness (QED) is 0.838. The van der Waals surface area contributed by atoms with Crippen molar-refractivity contribution in [3.05, 3.63) is 47.4 Å². The molecule has 3 rings (SSSR count). The van der Waals surface area contributed by atoms with E-state index >= 15 is 0 Å². The zero-order valence-corrected chi connectivity index (χ0v) is 11.8. The number of hydrogen-bond donors (Lipinski definition) is 1. The highest BCUT2D eigenvalue weighted by molar-refractivity contribution is 5.97. The van der Waals surface area contributed by atoms with Crippen LogP contribution in [0.3, 0.4) is 0 Å². The Morgan fingerprint density at radius 1 is 1.24 bits per heavy atom. The summed E-state index contributed by atoms with van der Waals surface area (Å²) in [6.07, 6.45) is 1.21. The van der Waals surface area contributed by atoms with Gasteiger partial charge in [-0.1, -0.05) is 0 Å². The molecule has 0 spiro atoms. The number of cyclic esters (lactones) is 1. The molecule has 0 bridgehead atoms. The van der Waals surface area contributed by atoms with Gasteiger partial charge in [0.15, 0.2) is 17.3 Å². The molecule has 1 aliphatic heterocycles. The summed E-state index contributed by atoms with van der Waals surface area (Å²) < 4.78 is 21.2.